The average molecular weight is 209 g/mol. The van der Waals surface area contributed by atoms with E-state index in [1.807, 2.05) is 12.3 Å². The predicted molar refractivity (Wildman–Crippen MR) is 58.0 cm³/mol. The lowest BCUT2D eigenvalue weighted by Gasteiger charge is -2.21. The average Bonchev–Trinajstić information content (AvgIpc) is 2.50. The summed E-state index contributed by atoms with van der Waals surface area (Å²) in [6.07, 6.45) is 0. The van der Waals surface area contributed by atoms with Gasteiger partial charge in [0.1, 0.15) is 5.01 Å². The molecule has 1 rings (SSSR count). The third kappa shape index (κ3) is 3.09. The number of nitrogens with zero attached hydrogens (tertiary/aromatic N) is 3. The number of nitriles is 1. The molecule has 0 aliphatic heterocycles. The first-order valence-electron chi connectivity index (χ1n) is 4.65. The zero-order valence-electron chi connectivity index (χ0n) is 8.82. The van der Waals surface area contributed by atoms with Crippen molar-refractivity contribution in [1.82, 2.24) is 9.88 Å². The van der Waals surface area contributed by atoms with Crippen molar-refractivity contribution in [2.24, 2.45) is 0 Å². The first-order valence-corrected chi connectivity index (χ1v) is 5.53. The van der Waals surface area contributed by atoms with Crippen LogP contribution < -0.4 is 0 Å². The van der Waals surface area contributed by atoms with E-state index in [1.165, 1.54) is 0 Å². The lowest BCUT2D eigenvalue weighted by atomic mass is 10.3. The van der Waals surface area contributed by atoms with E-state index in [-0.39, 0.29) is 0 Å². The first kappa shape index (κ1) is 11.2. The summed E-state index contributed by atoms with van der Waals surface area (Å²) in [4.78, 5) is 6.49. The van der Waals surface area contributed by atoms with Gasteiger partial charge in [0.15, 0.2) is 0 Å². The Morgan fingerprint density at radius 1 is 1.64 bits per heavy atom. The Morgan fingerprint density at radius 3 is 2.79 bits per heavy atom. The molecule has 0 spiro atoms. The van der Waals surface area contributed by atoms with E-state index in [0.29, 0.717) is 12.6 Å². The van der Waals surface area contributed by atoms with Crippen molar-refractivity contribution in [2.45, 2.75) is 33.4 Å². The van der Waals surface area contributed by atoms with E-state index < -0.39 is 0 Å². The molecule has 0 saturated carbocycles. The largest absolute Gasteiger partial charge is 0.281 e. The molecule has 0 aliphatic carbocycles. The van der Waals surface area contributed by atoms with Crippen molar-refractivity contribution in [3.05, 3.63) is 16.1 Å². The van der Waals surface area contributed by atoms with E-state index in [9.17, 15) is 0 Å². The number of hydrogen-bond donors (Lipinski definition) is 0. The van der Waals surface area contributed by atoms with Crippen LogP contribution in [0.5, 0.6) is 0 Å². The van der Waals surface area contributed by atoms with E-state index >= 15 is 0 Å². The third-order valence-electron chi connectivity index (χ3n) is 2.01. The molecule has 0 N–H and O–H groups in total. The maximum absolute atomic E-state index is 8.66. The number of rotatable bonds is 4. The molecule has 0 unspecified atom stereocenters. The van der Waals surface area contributed by atoms with Crippen LogP contribution in [0.4, 0.5) is 0 Å². The van der Waals surface area contributed by atoms with Crippen molar-refractivity contribution in [3.63, 3.8) is 0 Å². The molecule has 0 atom stereocenters. The van der Waals surface area contributed by atoms with Crippen LogP contribution in [-0.2, 0) is 6.54 Å². The number of thiazole rings is 1. The molecule has 1 aromatic heterocycles. The highest BCUT2D eigenvalue weighted by molar-refractivity contribution is 7.09. The third-order valence-corrected chi connectivity index (χ3v) is 2.96. The highest BCUT2D eigenvalue weighted by Crippen LogP contribution is 2.12. The van der Waals surface area contributed by atoms with E-state index in [0.717, 1.165) is 17.2 Å². The summed E-state index contributed by atoms with van der Waals surface area (Å²) in [6, 6.07) is 2.57. The Hall–Kier alpha value is -0.920. The van der Waals surface area contributed by atoms with Gasteiger partial charge in [0.25, 0.3) is 0 Å². The van der Waals surface area contributed by atoms with Crippen molar-refractivity contribution >= 4 is 11.3 Å². The summed E-state index contributed by atoms with van der Waals surface area (Å²) in [7, 11) is 0. The molecular formula is C10H15N3S. The second kappa shape index (κ2) is 5.08. The maximum Gasteiger partial charge on any atom is 0.107 e. The van der Waals surface area contributed by atoms with Gasteiger partial charge in [0.2, 0.25) is 0 Å². The molecule has 0 bridgehead atoms. The normalized spacial score (nSPS) is 10.9. The number of aromatic nitrogens is 1. The highest BCUT2D eigenvalue weighted by atomic mass is 32.1. The molecule has 0 fully saturated rings. The van der Waals surface area contributed by atoms with Crippen LogP contribution in [0.15, 0.2) is 5.38 Å². The van der Waals surface area contributed by atoms with Crippen molar-refractivity contribution in [1.29, 1.82) is 5.26 Å². The minimum Gasteiger partial charge on any atom is -0.281 e. The van der Waals surface area contributed by atoms with Crippen molar-refractivity contribution in [2.75, 3.05) is 6.54 Å². The minimum absolute atomic E-state index is 0.388. The quantitative estimate of drug-likeness (QED) is 0.714. The Balaban J connectivity index is 2.60. The molecule has 0 aliphatic rings. The van der Waals surface area contributed by atoms with Crippen LogP contribution in [-0.4, -0.2) is 22.5 Å². The van der Waals surface area contributed by atoms with Gasteiger partial charge in [-0.2, -0.15) is 5.26 Å². The molecule has 0 amide bonds. The Kier molecular flexibility index (Phi) is 4.05. The van der Waals surface area contributed by atoms with Gasteiger partial charge in [-0.1, -0.05) is 0 Å². The summed E-state index contributed by atoms with van der Waals surface area (Å²) < 4.78 is 0. The Labute approximate surface area is 89.0 Å². The molecule has 76 valence electrons. The fourth-order valence-electron chi connectivity index (χ4n) is 1.16. The van der Waals surface area contributed by atoms with Crippen LogP contribution in [0.3, 0.4) is 0 Å². The van der Waals surface area contributed by atoms with Crippen LogP contribution in [0, 0.1) is 18.3 Å². The molecule has 0 saturated heterocycles. The molecule has 14 heavy (non-hydrogen) atoms. The summed E-state index contributed by atoms with van der Waals surface area (Å²) in [5.74, 6) is 0. The van der Waals surface area contributed by atoms with Crippen LogP contribution in [0.2, 0.25) is 0 Å². The van der Waals surface area contributed by atoms with Gasteiger partial charge in [-0.25, -0.2) is 4.98 Å². The SMILES string of the molecule is Cc1csc(CN(CC#N)C(C)C)n1. The van der Waals surface area contributed by atoms with Gasteiger partial charge in [0, 0.05) is 17.1 Å². The number of aryl methyl sites for hydroxylation is 1. The summed E-state index contributed by atoms with van der Waals surface area (Å²) in [5.41, 5.74) is 1.06. The van der Waals surface area contributed by atoms with Gasteiger partial charge in [-0.05, 0) is 20.8 Å². The summed E-state index contributed by atoms with van der Waals surface area (Å²) in [5, 5.41) is 11.8. The molecular weight excluding hydrogens is 194 g/mol. The Bertz CT molecular complexity index is 324. The van der Waals surface area contributed by atoms with Crippen LogP contribution >= 0.6 is 11.3 Å². The second-order valence-electron chi connectivity index (χ2n) is 3.54. The fraction of sp³-hybridized carbons (Fsp3) is 0.600. The second-order valence-corrected chi connectivity index (χ2v) is 4.48. The molecule has 1 aromatic rings. The molecule has 1 heterocycles. The van der Waals surface area contributed by atoms with E-state index in [2.05, 4.69) is 29.8 Å². The molecule has 4 heteroatoms. The molecule has 0 radical (unpaired) electrons. The zero-order valence-corrected chi connectivity index (χ0v) is 9.64. The lowest BCUT2D eigenvalue weighted by molar-refractivity contribution is 0.240. The van der Waals surface area contributed by atoms with E-state index in [1.54, 1.807) is 11.3 Å². The molecule has 3 nitrogen and oxygen atoms in total. The minimum atomic E-state index is 0.388. The van der Waals surface area contributed by atoms with Gasteiger partial charge in [-0.15, -0.1) is 11.3 Å². The van der Waals surface area contributed by atoms with E-state index in [4.69, 9.17) is 5.26 Å². The summed E-state index contributed by atoms with van der Waals surface area (Å²) >= 11 is 1.66. The van der Waals surface area contributed by atoms with Gasteiger partial charge in [-0.3, -0.25) is 4.90 Å². The first-order chi connectivity index (χ1) is 6.63. The number of hydrogen-bond acceptors (Lipinski definition) is 4. The zero-order chi connectivity index (χ0) is 10.6. The lowest BCUT2D eigenvalue weighted by Crippen LogP contribution is -2.30. The molecule has 0 aromatic carbocycles. The van der Waals surface area contributed by atoms with Gasteiger partial charge >= 0.3 is 0 Å². The fourth-order valence-corrected chi connectivity index (χ4v) is 1.96. The van der Waals surface area contributed by atoms with Crippen molar-refractivity contribution < 1.29 is 0 Å². The maximum atomic E-state index is 8.66. The van der Waals surface area contributed by atoms with Crippen LogP contribution in [0.1, 0.15) is 24.5 Å². The van der Waals surface area contributed by atoms with Gasteiger partial charge in [0.05, 0.1) is 19.2 Å². The monoisotopic (exact) mass is 209 g/mol. The predicted octanol–water partition coefficient (Wildman–Crippen LogP) is 2.19. The standard InChI is InChI=1S/C10H15N3S/c1-8(2)13(5-4-11)6-10-12-9(3)7-14-10/h7-8H,5-6H2,1-3H3. The van der Waals surface area contributed by atoms with Gasteiger partial charge < -0.3 is 0 Å². The topological polar surface area (TPSA) is 39.9 Å². The Morgan fingerprint density at radius 2 is 2.36 bits per heavy atom. The smallest absolute Gasteiger partial charge is 0.107 e. The van der Waals surface area contributed by atoms with Crippen molar-refractivity contribution in [3.8, 4) is 6.07 Å². The highest BCUT2D eigenvalue weighted by Gasteiger charge is 2.11. The van der Waals surface area contributed by atoms with Crippen LogP contribution in [0.25, 0.3) is 0 Å². The summed E-state index contributed by atoms with van der Waals surface area (Å²) in [6.45, 7) is 7.43.